The molecule has 0 fully saturated rings. The molecule has 0 saturated carbocycles. The monoisotopic (exact) mass is 240 g/mol. The van der Waals surface area contributed by atoms with E-state index in [0.717, 1.165) is 11.4 Å². The lowest BCUT2D eigenvalue weighted by Gasteiger charge is -2.23. The summed E-state index contributed by atoms with van der Waals surface area (Å²) in [4.78, 5) is 13.4. The molecular weight excluding hydrogens is 220 g/mol. The van der Waals surface area contributed by atoms with Gasteiger partial charge in [-0.3, -0.25) is 9.48 Å². The molecule has 1 unspecified atom stereocenters. The summed E-state index contributed by atoms with van der Waals surface area (Å²) in [5.41, 5.74) is 7.94. The zero-order chi connectivity index (χ0) is 13.2. The summed E-state index contributed by atoms with van der Waals surface area (Å²) in [6.07, 6.45) is 0. The van der Waals surface area contributed by atoms with Gasteiger partial charge in [-0.1, -0.05) is 0 Å². The second kappa shape index (κ2) is 5.18. The van der Waals surface area contributed by atoms with E-state index in [1.807, 2.05) is 13.8 Å². The average molecular weight is 240 g/mol. The van der Waals surface area contributed by atoms with E-state index < -0.39 is 0 Å². The number of amides is 1. The molecule has 1 aromatic heterocycles. The topological polar surface area (TPSA) is 84.4 Å². The lowest BCUT2D eigenvalue weighted by molar-refractivity contribution is -0.133. The first kappa shape index (κ1) is 13.5. The van der Waals surface area contributed by atoms with Crippen LogP contribution in [0.15, 0.2) is 0 Å². The van der Waals surface area contributed by atoms with Crippen LogP contribution in [0.5, 0.6) is 0 Å². The highest BCUT2D eigenvalue weighted by Gasteiger charge is 2.17. The Balaban J connectivity index is 2.78. The van der Waals surface area contributed by atoms with Gasteiger partial charge in [0.1, 0.15) is 6.54 Å². The molecule has 0 aromatic carbocycles. The van der Waals surface area contributed by atoms with Gasteiger partial charge < -0.3 is 15.7 Å². The Morgan fingerprint density at radius 3 is 2.59 bits per heavy atom. The Labute approximate surface area is 101 Å². The fourth-order valence-corrected chi connectivity index (χ4v) is 1.47. The van der Waals surface area contributed by atoms with Gasteiger partial charge >= 0.3 is 0 Å². The summed E-state index contributed by atoms with van der Waals surface area (Å²) in [6, 6.07) is -0.197. The Kier molecular flexibility index (Phi) is 4.11. The summed E-state index contributed by atoms with van der Waals surface area (Å²) in [5, 5.41) is 13.2. The summed E-state index contributed by atoms with van der Waals surface area (Å²) in [6.45, 7) is 5.52. The molecule has 0 aliphatic rings. The molecule has 17 heavy (non-hydrogen) atoms. The molecule has 1 amide bonds. The minimum Gasteiger partial charge on any atom is -0.396 e. The smallest absolute Gasteiger partial charge is 0.244 e. The third-order valence-corrected chi connectivity index (χ3v) is 3.04. The van der Waals surface area contributed by atoms with Crippen molar-refractivity contribution in [1.29, 1.82) is 0 Å². The van der Waals surface area contributed by atoms with E-state index in [1.54, 1.807) is 18.7 Å². The molecule has 1 heterocycles. The van der Waals surface area contributed by atoms with Crippen LogP contribution in [0.25, 0.3) is 0 Å². The van der Waals surface area contributed by atoms with Crippen LogP contribution >= 0.6 is 0 Å². The van der Waals surface area contributed by atoms with Crippen molar-refractivity contribution in [2.45, 2.75) is 33.4 Å². The van der Waals surface area contributed by atoms with Gasteiger partial charge in [-0.25, -0.2) is 0 Å². The van der Waals surface area contributed by atoms with Crippen LogP contribution in [0.1, 0.15) is 18.3 Å². The minimum atomic E-state index is -0.197. The van der Waals surface area contributed by atoms with Crippen molar-refractivity contribution in [3.8, 4) is 0 Å². The molecule has 0 saturated heterocycles. The van der Waals surface area contributed by atoms with Crippen molar-refractivity contribution in [3.63, 3.8) is 0 Å². The van der Waals surface area contributed by atoms with Crippen LogP contribution in [0, 0.1) is 13.8 Å². The van der Waals surface area contributed by atoms with Crippen LogP contribution in [0.3, 0.4) is 0 Å². The van der Waals surface area contributed by atoms with Crippen molar-refractivity contribution in [2.24, 2.45) is 0 Å². The number of nitrogen functional groups attached to an aromatic ring is 1. The number of aryl methyl sites for hydroxylation is 1. The molecule has 0 bridgehead atoms. The molecule has 1 rings (SSSR count). The van der Waals surface area contributed by atoms with E-state index in [-0.39, 0.29) is 25.1 Å². The lowest BCUT2D eigenvalue weighted by Crippen LogP contribution is -2.39. The van der Waals surface area contributed by atoms with E-state index in [0.29, 0.717) is 5.69 Å². The molecule has 0 radical (unpaired) electrons. The van der Waals surface area contributed by atoms with Gasteiger partial charge in [-0.2, -0.15) is 5.10 Å². The Morgan fingerprint density at radius 1 is 1.59 bits per heavy atom. The standard InChI is InChI=1S/C11H20N4O2/c1-7(6-16)14(4)10(17)5-15-9(3)11(12)8(2)13-15/h7,16H,5-6,12H2,1-4H3. The SMILES string of the molecule is Cc1nn(CC(=O)N(C)C(C)CO)c(C)c1N. The molecule has 0 aliphatic carbocycles. The third kappa shape index (κ3) is 2.76. The first-order valence-corrected chi connectivity index (χ1v) is 5.54. The predicted octanol–water partition coefficient (Wildman–Crippen LogP) is -0.0787. The Bertz CT molecular complexity index is 414. The summed E-state index contributed by atoms with van der Waals surface area (Å²) < 4.78 is 1.59. The summed E-state index contributed by atoms with van der Waals surface area (Å²) in [7, 11) is 1.66. The molecule has 6 nitrogen and oxygen atoms in total. The number of nitrogens with zero attached hydrogens (tertiary/aromatic N) is 3. The van der Waals surface area contributed by atoms with Gasteiger partial charge in [-0.05, 0) is 20.8 Å². The highest BCUT2D eigenvalue weighted by molar-refractivity contribution is 5.76. The second-order valence-electron chi connectivity index (χ2n) is 4.28. The van der Waals surface area contributed by atoms with Gasteiger partial charge in [0.25, 0.3) is 0 Å². The number of aromatic nitrogens is 2. The number of hydrogen-bond acceptors (Lipinski definition) is 4. The molecular formula is C11H20N4O2. The maximum absolute atomic E-state index is 11.9. The zero-order valence-electron chi connectivity index (χ0n) is 10.8. The molecule has 0 spiro atoms. The fraction of sp³-hybridized carbons (Fsp3) is 0.636. The second-order valence-corrected chi connectivity index (χ2v) is 4.28. The number of carbonyl (C=O) groups excluding carboxylic acids is 1. The van der Waals surface area contributed by atoms with Crippen molar-refractivity contribution in [3.05, 3.63) is 11.4 Å². The number of aliphatic hydroxyl groups is 1. The molecule has 96 valence electrons. The van der Waals surface area contributed by atoms with E-state index in [9.17, 15) is 4.79 Å². The van der Waals surface area contributed by atoms with Crippen molar-refractivity contribution in [1.82, 2.24) is 14.7 Å². The quantitative estimate of drug-likeness (QED) is 0.771. The number of hydrogen-bond donors (Lipinski definition) is 2. The Hall–Kier alpha value is -1.56. The van der Waals surface area contributed by atoms with Crippen molar-refractivity contribution < 1.29 is 9.90 Å². The average Bonchev–Trinajstić information content (AvgIpc) is 2.55. The highest BCUT2D eigenvalue weighted by atomic mass is 16.3. The van der Waals surface area contributed by atoms with Gasteiger partial charge in [0, 0.05) is 7.05 Å². The third-order valence-electron chi connectivity index (χ3n) is 3.04. The first-order chi connectivity index (χ1) is 7.88. The minimum absolute atomic E-state index is 0.0541. The lowest BCUT2D eigenvalue weighted by atomic mass is 10.3. The van der Waals surface area contributed by atoms with E-state index >= 15 is 0 Å². The van der Waals surface area contributed by atoms with Gasteiger partial charge in [0.15, 0.2) is 0 Å². The molecule has 3 N–H and O–H groups in total. The highest BCUT2D eigenvalue weighted by Crippen LogP contribution is 2.14. The first-order valence-electron chi connectivity index (χ1n) is 5.54. The number of rotatable bonds is 4. The summed E-state index contributed by atoms with van der Waals surface area (Å²) >= 11 is 0. The number of carbonyl (C=O) groups is 1. The molecule has 6 heteroatoms. The van der Waals surface area contributed by atoms with E-state index in [2.05, 4.69) is 5.10 Å². The maximum Gasteiger partial charge on any atom is 0.244 e. The van der Waals surface area contributed by atoms with E-state index in [4.69, 9.17) is 10.8 Å². The number of nitrogens with two attached hydrogens (primary N) is 1. The van der Waals surface area contributed by atoms with Crippen molar-refractivity contribution in [2.75, 3.05) is 19.4 Å². The van der Waals surface area contributed by atoms with Crippen LogP contribution in [0.4, 0.5) is 5.69 Å². The van der Waals surface area contributed by atoms with Gasteiger partial charge in [0.2, 0.25) is 5.91 Å². The van der Waals surface area contributed by atoms with Crippen LogP contribution < -0.4 is 5.73 Å². The number of likely N-dealkylation sites (N-methyl/N-ethyl adjacent to an activating group) is 1. The molecule has 1 aromatic rings. The fourth-order valence-electron chi connectivity index (χ4n) is 1.47. The summed E-state index contributed by atoms with van der Waals surface area (Å²) in [5.74, 6) is -0.0999. The van der Waals surface area contributed by atoms with Crippen molar-refractivity contribution >= 4 is 11.6 Å². The predicted molar refractivity (Wildman–Crippen MR) is 65.4 cm³/mol. The number of aliphatic hydroxyl groups excluding tert-OH is 1. The van der Waals surface area contributed by atoms with Crippen LogP contribution in [0.2, 0.25) is 0 Å². The van der Waals surface area contributed by atoms with Gasteiger partial charge in [-0.15, -0.1) is 0 Å². The maximum atomic E-state index is 11.9. The normalized spacial score (nSPS) is 12.5. The van der Waals surface area contributed by atoms with Gasteiger partial charge in [0.05, 0.1) is 29.7 Å². The molecule has 0 aliphatic heterocycles. The van der Waals surface area contributed by atoms with E-state index in [1.165, 1.54) is 4.90 Å². The Morgan fingerprint density at radius 2 is 2.18 bits per heavy atom. The van der Waals surface area contributed by atoms with Crippen LogP contribution in [-0.4, -0.2) is 45.4 Å². The largest absolute Gasteiger partial charge is 0.396 e. The number of anilines is 1. The zero-order valence-corrected chi connectivity index (χ0v) is 10.8. The van der Waals surface area contributed by atoms with Crippen LogP contribution in [-0.2, 0) is 11.3 Å². The molecule has 1 atom stereocenters.